The molecule has 0 atom stereocenters. The Morgan fingerprint density at radius 2 is 2.10 bits per heavy atom. The maximum atomic E-state index is 12.3. The second kappa shape index (κ2) is 5.24. The number of aromatic nitrogens is 2. The summed E-state index contributed by atoms with van der Waals surface area (Å²) in [6, 6.07) is 3.07. The van der Waals surface area contributed by atoms with Crippen LogP contribution in [0.4, 0.5) is 0 Å². The van der Waals surface area contributed by atoms with E-state index in [1.807, 2.05) is 0 Å². The number of pyridine rings is 2. The third kappa shape index (κ3) is 2.09. The van der Waals surface area contributed by atoms with E-state index < -0.39 is 23.0 Å². The van der Waals surface area contributed by atoms with Gasteiger partial charge in [-0.3, -0.25) is 14.4 Å². The lowest BCUT2D eigenvalue weighted by molar-refractivity contribution is 0.0936. The van der Waals surface area contributed by atoms with E-state index in [1.165, 1.54) is 19.2 Å². The third-order valence-corrected chi connectivity index (χ3v) is 2.98. The summed E-state index contributed by atoms with van der Waals surface area (Å²) >= 11 is 0. The number of aromatic hydroxyl groups is 1. The lowest BCUT2D eigenvalue weighted by Crippen LogP contribution is -2.30. The standard InChI is InChI=1S/C14H14N2O4/c1-3-5-10(18)11-12(19)9-6-4-7-15-13(9)16(8(2)17)14(11)20/h4,6-7,19H,3,5H2,1-2H3. The molecule has 104 valence electrons. The predicted molar refractivity (Wildman–Crippen MR) is 73.2 cm³/mol. The molecule has 0 saturated carbocycles. The van der Waals surface area contributed by atoms with Gasteiger partial charge in [0.05, 0.1) is 5.39 Å². The van der Waals surface area contributed by atoms with Crippen LogP contribution in [0.15, 0.2) is 23.1 Å². The molecule has 2 rings (SSSR count). The lowest BCUT2D eigenvalue weighted by atomic mass is 10.1. The second-order valence-corrected chi connectivity index (χ2v) is 4.43. The van der Waals surface area contributed by atoms with E-state index in [0.717, 1.165) is 4.57 Å². The number of ketones is 1. The van der Waals surface area contributed by atoms with Crippen molar-refractivity contribution in [3.63, 3.8) is 0 Å². The van der Waals surface area contributed by atoms with Crippen LogP contribution in [0.25, 0.3) is 11.0 Å². The first-order valence-electron chi connectivity index (χ1n) is 6.25. The molecule has 0 spiro atoms. The van der Waals surface area contributed by atoms with Crippen LogP contribution in [0, 0.1) is 0 Å². The minimum Gasteiger partial charge on any atom is -0.506 e. The van der Waals surface area contributed by atoms with E-state index in [-0.39, 0.29) is 23.0 Å². The molecule has 2 heterocycles. The van der Waals surface area contributed by atoms with Crippen LogP contribution in [-0.4, -0.2) is 26.3 Å². The van der Waals surface area contributed by atoms with E-state index in [0.29, 0.717) is 6.42 Å². The number of Topliss-reactive ketones (excluding diaryl/α,β-unsaturated/α-hetero) is 1. The van der Waals surface area contributed by atoms with Gasteiger partial charge in [-0.1, -0.05) is 6.92 Å². The Hall–Kier alpha value is -2.50. The van der Waals surface area contributed by atoms with Crippen molar-refractivity contribution >= 4 is 22.7 Å². The molecule has 0 aliphatic carbocycles. The van der Waals surface area contributed by atoms with Gasteiger partial charge in [0, 0.05) is 19.5 Å². The second-order valence-electron chi connectivity index (χ2n) is 4.43. The van der Waals surface area contributed by atoms with Crippen molar-refractivity contribution in [2.24, 2.45) is 0 Å². The van der Waals surface area contributed by atoms with Gasteiger partial charge < -0.3 is 5.11 Å². The van der Waals surface area contributed by atoms with Gasteiger partial charge in [-0.2, -0.15) is 0 Å². The molecular weight excluding hydrogens is 260 g/mol. The quantitative estimate of drug-likeness (QED) is 0.861. The highest BCUT2D eigenvalue weighted by molar-refractivity contribution is 6.04. The molecule has 6 nitrogen and oxygen atoms in total. The number of fused-ring (bicyclic) bond motifs is 1. The smallest absolute Gasteiger partial charge is 0.273 e. The van der Waals surface area contributed by atoms with Crippen molar-refractivity contribution < 1.29 is 14.7 Å². The predicted octanol–water partition coefficient (Wildman–Crippen LogP) is 1.74. The number of hydrogen-bond donors (Lipinski definition) is 1. The minimum absolute atomic E-state index is 0.0514. The lowest BCUT2D eigenvalue weighted by Gasteiger charge is -2.10. The molecule has 0 fully saturated rings. The van der Waals surface area contributed by atoms with Crippen molar-refractivity contribution in [2.45, 2.75) is 26.7 Å². The summed E-state index contributed by atoms with van der Waals surface area (Å²) in [5.74, 6) is -1.44. The molecule has 0 aromatic carbocycles. The zero-order valence-electron chi connectivity index (χ0n) is 11.2. The fourth-order valence-corrected chi connectivity index (χ4v) is 2.10. The number of carbonyl (C=O) groups excluding carboxylic acids is 2. The third-order valence-electron chi connectivity index (χ3n) is 2.98. The zero-order chi connectivity index (χ0) is 14.9. The molecule has 6 heteroatoms. The van der Waals surface area contributed by atoms with Crippen LogP contribution in [-0.2, 0) is 0 Å². The molecule has 2 aromatic heterocycles. The Morgan fingerprint density at radius 1 is 1.40 bits per heavy atom. The molecule has 1 N–H and O–H groups in total. The fraction of sp³-hybridized carbons (Fsp3) is 0.286. The van der Waals surface area contributed by atoms with Gasteiger partial charge in [-0.15, -0.1) is 0 Å². The summed E-state index contributed by atoms with van der Waals surface area (Å²) in [6.45, 7) is 3.00. The van der Waals surface area contributed by atoms with Crippen LogP contribution in [0.5, 0.6) is 5.75 Å². The summed E-state index contributed by atoms with van der Waals surface area (Å²) in [5, 5.41) is 10.4. The van der Waals surface area contributed by atoms with Gasteiger partial charge in [-0.25, -0.2) is 9.55 Å². The van der Waals surface area contributed by atoms with Crippen LogP contribution in [0.3, 0.4) is 0 Å². The molecule has 0 amide bonds. The van der Waals surface area contributed by atoms with Gasteiger partial charge in [0.1, 0.15) is 11.3 Å². The van der Waals surface area contributed by atoms with Crippen LogP contribution < -0.4 is 5.56 Å². The first-order chi connectivity index (χ1) is 9.49. The van der Waals surface area contributed by atoms with E-state index in [4.69, 9.17) is 0 Å². The van der Waals surface area contributed by atoms with Gasteiger partial charge in [0.2, 0.25) is 5.91 Å². The molecule has 0 bridgehead atoms. The highest BCUT2D eigenvalue weighted by Gasteiger charge is 2.23. The highest BCUT2D eigenvalue weighted by Crippen LogP contribution is 2.25. The summed E-state index contributed by atoms with van der Waals surface area (Å²) in [7, 11) is 0. The summed E-state index contributed by atoms with van der Waals surface area (Å²) in [4.78, 5) is 39.9. The molecule has 0 radical (unpaired) electrons. The minimum atomic E-state index is -0.820. The summed E-state index contributed by atoms with van der Waals surface area (Å²) in [6.07, 6.45) is 2.09. The summed E-state index contributed by atoms with van der Waals surface area (Å²) < 4.78 is 0.817. The molecule has 0 saturated heterocycles. The van der Waals surface area contributed by atoms with Crippen molar-refractivity contribution in [2.75, 3.05) is 0 Å². The molecule has 20 heavy (non-hydrogen) atoms. The molecular formula is C14H14N2O4. The van der Waals surface area contributed by atoms with Gasteiger partial charge >= 0.3 is 0 Å². The average molecular weight is 274 g/mol. The molecule has 0 unspecified atom stereocenters. The first-order valence-corrected chi connectivity index (χ1v) is 6.25. The maximum absolute atomic E-state index is 12.3. The highest BCUT2D eigenvalue weighted by atomic mass is 16.3. The van der Waals surface area contributed by atoms with Crippen molar-refractivity contribution in [3.05, 3.63) is 34.2 Å². The molecule has 0 aliphatic heterocycles. The Morgan fingerprint density at radius 3 is 2.70 bits per heavy atom. The number of carbonyl (C=O) groups is 2. The van der Waals surface area contributed by atoms with E-state index in [1.54, 1.807) is 13.0 Å². The molecule has 2 aromatic rings. The average Bonchev–Trinajstić information content (AvgIpc) is 2.38. The van der Waals surface area contributed by atoms with Crippen LogP contribution in [0.2, 0.25) is 0 Å². The Labute approximate surface area is 114 Å². The van der Waals surface area contributed by atoms with Crippen molar-refractivity contribution in [1.29, 1.82) is 0 Å². The van der Waals surface area contributed by atoms with Crippen molar-refractivity contribution in [3.8, 4) is 5.75 Å². The maximum Gasteiger partial charge on any atom is 0.273 e. The summed E-state index contributed by atoms with van der Waals surface area (Å²) in [5.41, 5.74) is -1.11. The van der Waals surface area contributed by atoms with Gasteiger partial charge in [-0.05, 0) is 18.6 Å². The largest absolute Gasteiger partial charge is 0.506 e. The Kier molecular flexibility index (Phi) is 3.65. The van der Waals surface area contributed by atoms with Crippen LogP contribution in [0.1, 0.15) is 41.8 Å². The molecule has 0 aliphatic rings. The van der Waals surface area contributed by atoms with E-state index in [2.05, 4.69) is 4.98 Å². The van der Waals surface area contributed by atoms with E-state index >= 15 is 0 Å². The number of nitrogens with zero attached hydrogens (tertiary/aromatic N) is 2. The SMILES string of the molecule is CCCC(=O)c1c(O)c2cccnc2n(C(C)=O)c1=O. The van der Waals surface area contributed by atoms with Gasteiger partial charge in [0.15, 0.2) is 11.4 Å². The first kappa shape index (κ1) is 13.9. The Bertz CT molecular complexity index is 762. The normalized spacial score (nSPS) is 10.7. The number of rotatable bonds is 3. The Balaban J connectivity index is 2.93. The topological polar surface area (TPSA) is 89.3 Å². The van der Waals surface area contributed by atoms with Gasteiger partial charge in [0.25, 0.3) is 5.56 Å². The fourth-order valence-electron chi connectivity index (χ4n) is 2.10. The monoisotopic (exact) mass is 274 g/mol. The zero-order valence-corrected chi connectivity index (χ0v) is 11.2. The van der Waals surface area contributed by atoms with E-state index in [9.17, 15) is 19.5 Å². The van der Waals surface area contributed by atoms with Crippen LogP contribution >= 0.6 is 0 Å². The number of hydrogen-bond acceptors (Lipinski definition) is 5. The van der Waals surface area contributed by atoms with Crippen molar-refractivity contribution in [1.82, 2.24) is 9.55 Å².